The number of rotatable bonds is 5. The molecule has 0 aromatic heterocycles. The van der Waals surface area contributed by atoms with Crippen LogP contribution in [0.3, 0.4) is 0 Å². The lowest BCUT2D eigenvalue weighted by molar-refractivity contribution is -0.135. The van der Waals surface area contributed by atoms with Gasteiger partial charge in [0, 0.05) is 22.5 Å². The van der Waals surface area contributed by atoms with Crippen molar-refractivity contribution in [3.05, 3.63) is 100 Å². The van der Waals surface area contributed by atoms with Gasteiger partial charge in [-0.15, -0.1) is 5.10 Å². The molecular weight excluding hydrogens is 432 g/mol. The first-order valence-corrected chi connectivity index (χ1v) is 9.97. The smallest absolute Gasteiger partial charge is 0.243 e. The summed E-state index contributed by atoms with van der Waals surface area (Å²) in [6.45, 7) is 1.94. The number of ether oxygens (including phenoxy) is 2. The lowest BCUT2D eigenvalue weighted by Crippen LogP contribution is -2.25. The molecule has 0 radical (unpaired) electrons. The number of amides is 1. The molecule has 1 aliphatic heterocycles. The minimum atomic E-state index is -0.633. The Labute approximate surface area is 177 Å². The van der Waals surface area contributed by atoms with Gasteiger partial charge in [0.25, 0.3) is 0 Å². The summed E-state index contributed by atoms with van der Waals surface area (Å²) in [4.78, 5) is 12.2. The minimum absolute atomic E-state index is 0.197. The highest BCUT2D eigenvalue weighted by molar-refractivity contribution is 9.10. The van der Waals surface area contributed by atoms with Crippen LogP contribution >= 0.6 is 15.9 Å². The summed E-state index contributed by atoms with van der Waals surface area (Å²) in [6, 6.07) is 25.1. The Kier molecular flexibility index (Phi) is 5.62. The van der Waals surface area contributed by atoms with E-state index >= 15 is 0 Å². The van der Waals surface area contributed by atoms with Gasteiger partial charge in [-0.05, 0) is 42.0 Å². The summed E-state index contributed by atoms with van der Waals surface area (Å²) in [5.74, 6) is 0.918. The number of hydrogen-bond acceptors (Lipinski definition) is 4. The summed E-state index contributed by atoms with van der Waals surface area (Å²) in [5, 5.41) is 5.75. The molecule has 3 aromatic carbocycles. The molecule has 29 heavy (non-hydrogen) atoms. The van der Waals surface area contributed by atoms with Gasteiger partial charge in [0.2, 0.25) is 18.0 Å². The number of hydrazone groups is 1. The van der Waals surface area contributed by atoms with Crippen molar-refractivity contribution >= 4 is 27.7 Å². The van der Waals surface area contributed by atoms with Crippen molar-refractivity contribution in [2.75, 3.05) is 0 Å². The Hall–Kier alpha value is -3.12. The number of carbonyl (C=O) groups excluding carboxylic acids is 1. The second-order valence-electron chi connectivity index (χ2n) is 6.59. The number of halogens is 1. The van der Waals surface area contributed by atoms with Gasteiger partial charge in [-0.3, -0.25) is 4.79 Å². The molecule has 146 valence electrons. The summed E-state index contributed by atoms with van der Waals surface area (Å²) in [5.41, 5.74) is 2.68. The molecule has 0 saturated heterocycles. The van der Waals surface area contributed by atoms with E-state index in [1.54, 1.807) is 0 Å². The molecule has 0 unspecified atom stereocenters. The zero-order valence-corrected chi connectivity index (χ0v) is 17.4. The highest BCUT2D eigenvalue weighted by Gasteiger charge is 2.33. The van der Waals surface area contributed by atoms with E-state index in [9.17, 15) is 4.79 Å². The monoisotopic (exact) mass is 450 g/mol. The van der Waals surface area contributed by atoms with E-state index < -0.39 is 6.23 Å². The molecule has 0 aliphatic carbocycles. The molecule has 1 atom stereocenters. The highest BCUT2D eigenvalue weighted by atomic mass is 79.9. The van der Waals surface area contributed by atoms with Crippen LogP contribution in [0.5, 0.6) is 5.75 Å². The summed E-state index contributed by atoms with van der Waals surface area (Å²) in [7, 11) is 0. The van der Waals surface area contributed by atoms with Crippen molar-refractivity contribution in [3.63, 3.8) is 0 Å². The van der Waals surface area contributed by atoms with Gasteiger partial charge in [0.1, 0.15) is 12.4 Å². The second kappa shape index (κ2) is 8.49. The Bertz CT molecular complexity index is 1040. The van der Waals surface area contributed by atoms with Crippen molar-refractivity contribution in [3.8, 4) is 5.75 Å². The summed E-state index contributed by atoms with van der Waals surface area (Å²) >= 11 is 3.42. The van der Waals surface area contributed by atoms with Gasteiger partial charge in [0.05, 0.1) is 0 Å². The second-order valence-corrected chi connectivity index (χ2v) is 7.51. The maximum atomic E-state index is 12.2. The van der Waals surface area contributed by atoms with E-state index in [-0.39, 0.29) is 5.91 Å². The van der Waals surface area contributed by atoms with E-state index in [2.05, 4.69) is 21.0 Å². The molecule has 0 saturated carbocycles. The zero-order chi connectivity index (χ0) is 20.2. The largest absolute Gasteiger partial charge is 0.489 e. The molecule has 0 bridgehead atoms. The topological polar surface area (TPSA) is 51.1 Å². The lowest BCUT2D eigenvalue weighted by atomic mass is 10.1. The first kappa shape index (κ1) is 19.2. The van der Waals surface area contributed by atoms with Crippen molar-refractivity contribution in [2.24, 2.45) is 5.10 Å². The summed E-state index contributed by atoms with van der Waals surface area (Å²) < 4.78 is 12.9. The van der Waals surface area contributed by atoms with Crippen LogP contribution in [0.4, 0.5) is 0 Å². The SMILES string of the molecule is CC(=O)N1N=C(c2ccc(Br)cc2)O[C@H]1c1cccc(OCc2ccccc2)c1. The fourth-order valence-corrected chi connectivity index (χ4v) is 3.26. The van der Waals surface area contributed by atoms with Gasteiger partial charge < -0.3 is 9.47 Å². The molecule has 6 heteroatoms. The molecule has 1 aliphatic rings. The van der Waals surface area contributed by atoms with E-state index in [4.69, 9.17) is 9.47 Å². The van der Waals surface area contributed by atoms with Gasteiger partial charge in [-0.25, -0.2) is 0 Å². The van der Waals surface area contributed by atoms with Crippen LogP contribution in [-0.2, 0) is 16.1 Å². The van der Waals surface area contributed by atoms with Crippen LogP contribution in [0.15, 0.2) is 88.4 Å². The van der Waals surface area contributed by atoms with Crippen LogP contribution in [0.2, 0.25) is 0 Å². The average Bonchev–Trinajstić information content (AvgIpc) is 3.20. The van der Waals surface area contributed by atoms with Crippen molar-refractivity contribution < 1.29 is 14.3 Å². The molecule has 1 amide bonds. The third kappa shape index (κ3) is 4.49. The zero-order valence-electron chi connectivity index (χ0n) is 15.8. The fraction of sp³-hybridized carbons (Fsp3) is 0.130. The van der Waals surface area contributed by atoms with E-state index in [0.717, 1.165) is 21.2 Å². The first-order valence-electron chi connectivity index (χ1n) is 9.18. The predicted octanol–water partition coefficient (Wildman–Crippen LogP) is 5.27. The van der Waals surface area contributed by atoms with Crippen LogP contribution in [-0.4, -0.2) is 16.8 Å². The normalized spacial score (nSPS) is 15.6. The molecule has 5 nitrogen and oxygen atoms in total. The Morgan fingerprint density at radius 3 is 2.55 bits per heavy atom. The number of hydrogen-bond donors (Lipinski definition) is 0. The maximum Gasteiger partial charge on any atom is 0.243 e. The van der Waals surface area contributed by atoms with E-state index in [0.29, 0.717) is 18.3 Å². The fourth-order valence-electron chi connectivity index (χ4n) is 2.99. The molecule has 1 heterocycles. The maximum absolute atomic E-state index is 12.2. The summed E-state index contributed by atoms with van der Waals surface area (Å²) in [6.07, 6.45) is -0.633. The average molecular weight is 451 g/mol. The van der Waals surface area contributed by atoms with Gasteiger partial charge in [-0.2, -0.15) is 5.01 Å². The molecule has 0 fully saturated rings. The third-order valence-electron chi connectivity index (χ3n) is 4.45. The van der Waals surface area contributed by atoms with Crippen LogP contribution in [0.1, 0.15) is 29.8 Å². The van der Waals surface area contributed by atoms with Crippen LogP contribution in [0, 0.1) is 0 Å². The quantitative estimate of drug-likeness (QED) is 0.531. The van der Waals surface area contributed by atoms with Gasteiger partial charge in [-0.1, -0.05) is 58.4 Å². The number of nitrogens with zero attached hydrogens (tertiary/aromatic N) is 2. The molecular formula is C23H19BrN2O3. The first-order chi connectivity index (χ1) is 14.1. The van der Waals surface area contributed by atoms with Crippen LogP contribution < -0.4 is 4.74 Å². The standard InChI is InChI=1S/C23H19BrN2O3/c1-16(27)26-23(29-22(25-26)18-10-12-20(24)13-11-18)19-8-5-9-21(14-19)28-15-17-6-3-2-4-7-17/h2-14,23H,15H2,1H3/t23-/m0/s1. The minimum Gasteiger partial charge on any atom is -0.489 e. The van der Waals surface area contributed by atoms with Crippen molar-refractivity contribution in [1.82, 2.24) is 5.01 Å². The molecule has 0 N–H and O–H groups in total. The molecule has 4 rings (SSSR count). The lowest BCUT2D eigenvalue weighted by Gasteiger charge is -2.20. The van der Waals surface area contributed by atoms with E-state index in [1.165, 1.54) is 11.9 Å². The van der Waals surface area contributed by atoms with Gasteiger partial charge in [0.15, 0.2) is 0 Å². The number of carbonyl (C=O) groups is 1. The number of benzene rings is 3. The van der Waals surface area contributed by atoms with Crippen molar-refractivity contribution in [1.29, 1.82) is 0 Å². The van der Waals surface area contributed by atoms with Gasteiger partial charge >= 0.3 is 0 Å². The predicted molar refractivity (Wildman–Crippen MR) is 114 cm³/mol. The third-order valence-corrected chi connectivity index (χ3v) is 4.98. The van der Waals surface area contributed by atoms with Crippen LogP contribution in [0.25, 0.3) is 0 Å². The van der Waals surface area contributed by atoms with Crippen molar-refractivity contribution in [2.45, 2.75) is 19.8 Å². The Morgan fingerprint density at radius 1 is 1.07 bits per heavy atom. The molecule has 3 aromatic rings. The molecule has 0 spiro atoms. The van der Waals surface area contributed by atoms with E-state index in [1.807, 2.05) is 78.9 Å². The Balaban J connectivity index is 1.54. The Morgan fingerprint density at radius 2 is 1.83 bits per heavy atom. The highest BCUT2D eigenvalue weighted by Crippen LogP contribution is 2.32.